The molecule has 0 atom stereocenters. The monoisotopic (exact) mass is 234 g/mol. The molecule has 0 unspecified atom stereocenters. The highest BCUT2D eigenvalue weighted by Gasteiger charge is 2.06. The maximum Gasteiger partial charge on any atom is 0.150 e. The molecule has 0 saturated carbocycles. The summed E-state index contributed by atoms with van der Waals surface area (Å²) < 4.78 is 0. The SMILES string of the molecule is O=Cc1cc(-c2ccncc2)nc2ccccc12. The van der Waals surface area contributed by atoms with Gasteiger partial charge in [-0.3, -0.25) is 9.78 Å². The number of rotatable bonds is 2. The van der Waals surface area contributed by atoms with Gasteiger partial charge in [0.1, 0.15) is 0 Å². The number of carbonyl (C=O) groups excluding carboxylic acids is 1. The van der Waals surface area contributed by atoms with Crippen molar-refractivity contribution in [3.63, 3.8) is 0 Å². The van der Waals surface area contributed by atoms with Crippen LogP contribution in [-0.2, 0) is 0 Å². The van der Waals surface area contributed by atoms with Gasteiger partial charge in [-0.15, -0.1) is 0 Å². The van der Waals surface area contributed by atoms with E-state index in [9.17, 15) is 4.79 Å². The van der Waals surface area contributed by atoms with Crippen LogP contribution in [0.3, 0.4) is 0 Å². The van der Waals surface area contributed by atoms with E-state index in [0.29, 0.717) is 5.56 Å². The average molecular weight is 234 g/mol. The number of carbonyl (C=O) groups is 1. The molecular weight excluding hydrogens is 224 g/mol. The van der Waals surface area contributed by atoms with Gasteiger partial charge in [-0.2, -0.15) is 0 Å². The lowest BCUT2D eigenvalue weighted by Gasteiger charge is -2.05. The van der Waals surface area contributed by atoms with Crippen molar-refractivity contribution in [3.05, 3.63) is 60.4 Å². The number of nitrogens with zero attached hydrogens (tertiary/aromatic N) is 2. The van der Waals surface area contributed by atoms with Crippen LogP contribution in [0, 0.1) is 0 Å². The van der Waals surface area contributed by atoms with Crippen LogP contribution in [0.5, 0.6) is 0 Å². The fraction of sp³-hybridized carbons (Fsp3) is 0. The Morgan fingerprint density at radius 1 is 1.00 bits per heavy atom. The topological polar surface area (TPSA) is 42.9 Å². The smallest absolute Gasteiger partial charge is 0.150 e. The molecule has 86 valence electrons. The Labute approximate surface area is 104 Å². The number of benzene rings is 1. The highest BCUT2D eigenvalue weighted by Crippen LogP contribution is 2.23. The number of aldehydes is 1. The summed E-state index contributed by atoms with van der Waals surface area (Å²) in [6.45, 7) is 0. The average Bonchev–Trinajstić information content (AvgIpc) is 2.47. The predicted molar refractivity (Wildman–Crippen MR) is 70.4 cm³/mol. The molecule has 18 heavy (non-hydrogen) atoms. The summed E-state index contributed by atoms with van der Waals surface area (Å²) in [6.07, 6.45) is 4.30. The highest BCUT2D eigenvalue weighted by atomic mass is 16.1. The van der Waals surface area contributed by atoms with Crippen molar-refractivity contribution in [2.75, 3.05) is 0 Å². The molecule has 3 rings (SSSR count). The molecule has 0 N–H and O–H groups in total. The summed E-state index contributed by atoms with van der Waals surface area (Å²) in [7, 11) is 0. The van der Waals surface area contributed by atoms with E-state index in [2.05, 4.69) is 9.97 Å². The minimum atomic E-state index is 0.660. The van der Waals surface area contributed by atoms with Crippen LogP contribution in [0.1, 0.15) is 10.4 Å². The van der Waals surface area contributed by atoms with E-state index in [0.717, 1.165) is 28.4 Å². The van der Waals surface area contributed by atoms with Gasteiger partial charge in [-0.05, 0) is 24.3 Å². The Bertz CT molecular complexity index is 708. The van der Waals surface area contributed by atoms with Crippen molar-refractivity contribution in [3.8, 4) is 11.3 Å². The van der Waals surface area contributed by atoms with E-state index in [1.165, 1.54) is 0 Å². The molecule has 2 aromatic heterocycles. The van der Waals surface area contributed by atoms with Gasteiger partial charge in [0.2, 0.25) is 0 Å². The molecule has 2 heterocycles. The molecule has 0 aliphatic carbocycles. The first kappa shape index (κ1) is 10.6. The second-order valence-corrected chi connectivity index (χ2v) is 3.97. The van der Waals surface area contributed by atoms with Crippen LogP contribution in [0.15, 0.2) is 54.9 Å². The lowest BCUT2D eigenvalue weighted by molar-refractivity contribution is 0.112. The van der Waals surface area contributed by atoms with Crippen LogP contribution in [-0.4, -0.2) is 16.3 Å². The zero-order chi connectivity index (χ0) is 12.4. The third kappa shape index (κ3) is 1.76. The van der Waals surface area contributed by atoms with Gasteiger partial charge in [0.25, 0.3) is 0 Å². The molecule has 0 saturated heterocycles. The van der Waals surface area contributed by atoms with E-state index in [-0.39, 0.29) is 0 Å². The third-order valence-electron chi connectivity index (χ3n) is 2.85. The van der Waals surface area contributed by atoms with Gasteiger partial charge in [0.05, 0.1) is 11.2 Å². The molecule has 0 bridgehead atoms. The lowest BCUT2D eigenvalue weighted by atomic mass is 10.1. The van der Waals surface area contributed by atoms with Crippen LogP contribution in [0.2, 0.25) is 0 Å². The standard InChI is InChI=1S/C15H10N2O/c18-10-12-9-15(11-5-7-16-8-6-11)17-14-4-2-1-3-13(12)14/h1-10H. The van der Waals surface area contributed by atoms with Crippen molar-refractivity contribution in [1.82, 2.24) is 9.97 Å². The first-order valence-corrected chi connectivity index (χ1v) is 5.64. The van der Waals surface area contributed by atoms with Crippen LogP contribution >= 0.6 is 0 Å². The second-order valence-electron chi connectivity index (χ2n) is 3.97. The zero-order valence-corrected chi connectivity index (χ0v) is 9.58. The summed E-state index contributed by atoms with van der Waals surface area (Å²) >= 11 is 0. The molecule has 0 fully saturated rings. The molecule has 3 aromatic rings. The van der Waals surface area contributed by atoms with Gasteiger partial charge in [0, 0.05) is 28.9 Å². The number of hydrogen-bond acceptors (Lipinski definition) is 3. The van der Waals surface area contributed by atoms with Crippen LogP contribution < -0.4 is 0 Å². The van der Waals surface area contributed by atoms with Crippen molar-refractivity contribution in [1.29, 1.82) is 0 Å². The molecule has 1 aromatic carbocycles. The maximum atomic E-state index is 11.2. The zero-order valence-electron chi connectivity index (χ0n) is 9.58. The minimum absolute atomic E-state index is 0.660. The van der Waals surface area contributed by atoms with E-state index in [4.69, 9.17) is 0 Å². The number of hydrogen-bond donors (Lipinski definition) is 0. The Balaban J connectivity index is 2.29. The van der Waals surface area contributed by atoms with Gasteiger partial charge >= 0.3 is 0 Å². The fourth-order valence-corrected chi connectivity index (χ4v) is 1.97. The number of fused-ring (bicyclic) bond motifs is 1. The number of aromatic nitrogens is 2. The Morgan fingerprint density at radius 2 is 1.78 bits per heavy atom. The van der Waals surface area contributed by atoms with Crippen molar-refractivity contribution in [2.45, 2.75) is 0 Å². The van der Waals surface area contributed by atoms with Crippen LogP contribution in [0.25, 0.3) is 22.2 Å². The van der Waals surface area contributed by atoms with E-state index < -0.39 is 0 Å². The molecule has 3 heteroatoms. The van der Waals surface area contributed by atoms with Crippen molar-refractivity contribution >= 4 is 17.2 Å². The Morgan fingerprint density at radius 3 is 2.56 bits per heavy atom. The number of para-hydroxylation sites is 1. The molecule has 0 radical (unpaired) electrons. The van der Waals surface area contributed by atoms with Gasteiger partial charge in [-0.25, -0.2) is 4.98 Å². The first-order valence-electron chi connectivity index (χ1n) is 5.64. The minimum Gasteiger partial charge on any atom is -0.298 e. The molecule has 3 nitrogen and oxygen atoms in total. The normalized spacial score (nSPS) is 10.4. The molecule has 0 aliphatic rings. The van der Waals surface area contributed by atoms with Crippen molar-refractivity contribution < 1.29 is 4.79 Å². The summed E-state index contributed by atoms with van der Waals surface area (Å²) in [5.74, 6) is 0. The summed E-state index contributed by atoms with van der Waals surface area (Å²) in [5.41, 5.74) is 3.23. The lowest BCUT2D eigenvalue weighted by Crippen LogP contribution is -1.91. The number of pyridine rings is 2. The largest absolute Gasteiger partial charge is 0.298 e. The Hall–Kier alpha value is -2.55. The summed E-state index contributed by atoms with van der Waals surface area (Å²) in [4.78, 5) is 19.7. The van der Waals surface area contributed by atoms with Crippen molar-refractivity contribution in [2.24, 2.45) is 0 Å². The molecule has 0 spiro atoms. The maximum absolute atomic E-state index is 11.2. The third-order valence-corrected chi connectivity index (χ3v) is 2.85. The Kier molecular flexibility index (Phi) is 2.57. The highest BCUT2D eigenvalue weighted by molar-refractivity contribution is 5.98. The van der Waals surface area contributed by atoms with Gasteiger partial charge < -0.3 is 0 Å². The quantitative estimate of drug-likeness (QED) is 0.640. The van der Waals surface area contributed by atoms with Gasteiger partial charge in [0.15, 0.2) is 6.29 Å². The van der Waals surface area contributed by atoms with E-state index >= 15 is 0 Å². The van der Waals surface area contributed by atoms with Gasteiger partial charge in [-0.1, -0.05) is 18.2 Å². The fourth-order valence-electron chi connectivity index (χ4n) is 1.97. The molecular formula is C15H10N2O. The predicted octanol–water partition coefficient (Wildman–Crippen LogP) is 3.11. The second kappa shape index (κ2) is 4.37. The van der Waals surface area contributed by atoms with E-state index in [1.807, 2.05) is 42.5 Å². The summed E-state index contributed by atoms with van der Waals surface area (Å²) in [5, 5.41) is 0.880. The molecule has 0 amide bonds. The first-order chi connectivity index (χ1) is 8.88. The van der Waals surface area contributed by atoms with E-state index in [1.54, 1.807) is 12.4 Å². The van der Waals surface area contributed by atoms with Crippen LogP contribution in [0.4, 0.5) is 0 Å². The molecule has 0 aliphatic heterocycles. The summed E-state index contributed by atoms with van der Waals surface area (Å²) in [6, 6.07) is 13.2.